The second-order valence-electron chi connectivity index (χ2n) is 5.79. The van der Waals surface area contributed by atoms with Crippen molar-refractivity contribution in [1.29, 1.82) is 0 Å². The number of imidazole rings is 1. The van der Waals surface area contributed by atoms with Gasteiger partial charge < -0.3 is 14.9 Å². The molecule has 2 aromatic rings. The predicted octanol–water partition coefficient (Wildman–Crippen LogP) is 1.23. The summed E-state index contributed by atoms with van der Waals surface area (Å²) in [5.41, 5.74) is -0.184. The second-order valence-corrected chi connectivity index (χ2v) is 5.79. The standard InChI is InChI=1S/C16H17N3O6/c1-9-7-18-12(8-17(9)16(23)24)13(14(20)21)19(15(18)22)10-3-5-11(25-2)6-4-10/h3-6,9H,7-8H2,1-2H3,(H,20,21)(H,23,24). The molecule has 3 rings (SSSR count). The quantitative estimate of drug-likeness (QED) is 0.863. The number of methoxy groups -OCH3 is 1. The molecule has 25 heavy (non-hydrogen) atoms. The third-order valence-electron chi connectivity index (χ3n) is 4.32. The van der Waals surface area contributed by atoms with Crippen LogP contribution in [0.25, 0.3) is 5.69 Å². The lowest BCUT2D eigenvalue weighted by atomic mass is 10.1. The molecule has 1 aromatic carbocycles. The molecule has 0 radical (unpaired) electrons. The van der Waals surface area contributed by atoms with Crippen molar-refractivity contribution in [1.82, 2.24) is 14.0 Å². The fourth-order valence-electron chi connectivity index (χ4n) is 3.06. The number of hydrogen-bond acceptors (Lipinski definition) is 4. The number of carbonyl (C=O) groups is 2. The van der Waals surface area contributed by atoms with Crippen LogP contribution in [0.3, 0.4) is 0 Å². The van der Waals surface area contributed by atoms with Gasteiger partial charge in [-0.2, -0.15) is 0 Å². The maximum Gasteiger partial charge on any atom is 0.407 e. The normalized spacial score (nSPS) is 16.4. The van der Waals surface area contributed by atoms with Crippen LogP contribution in [-0.2, 0) is 13.1 Å². The average Bonchev–Trinajstić information content (AvgIpc) is 2.86. The van der Waals surface area contributed by atoms with Gasteiger partial charge in [0.15, 0.2) is 5.69 Å². The summed E-state index contributed by atoms with van der Waals surface area (Å²) in [5.74, 6) is -0.718. The molecule has 0 saturated carbocycles. The maximum atomic E-state index is 12.8. The Bertz CT molecular complexity index is 896. The molecule has 0 fully saturated rings. The molecule has 0 aliphatic carbocycles. The van der Waals surface area contributed by atoms with E-state index < -0.39 is 23.8 Å². The van der Waals surface area contributed by atoms with Crippen molar-refractivity contribution >= 4 is 12.1 Å². The maximum absolute atomic E-state index is 12.8. The number of nitrogens with zero attached hydrogens (tertiary/aromatic N) is 3. The SMILES string of the molecule is COc1ccc(-n2c(C(=O)O)c3n(c2=O)CC(C)N(C(=O)O)C3)cc1. The minimum atomic E-state index is -1.29. The Morgan fingerprint density at radius 3 is 2.36 bits per heavy atom. The third kappa shape index (κ3) is 2.63. The van der Waals surface area contributed by atoms with E-state index in [0.29, 0.717) is 11.4 Å². The first-order valence-electron chi connectivity index (χ1n) is 7.56. The molecular formula is C16H17N3O6. The number of rotatable bonds is 3. The highest BCUT2D eigenvalue weighted by Crippen LogP contribution is 2.23. The minimum Gasteiger partial charge on any atom is -0.497 e. The molecule has 1 aliphatic rings. The minimum absolute atomic E-state index is 0.101. The number of carboxylic acid groups (broad SMARTS) is 2. The van der Waals surface area contributed by atoms with Crippen molar-refractivity contribution in [2.75, 3.05) is 7.11 Å². The van der Waals surface area contributed by atoms with E-state index in [4.69, 9.17) is 4.74 Å². The first-order chi connectivity index (χ1) is 11.8. The Morgan fingerprint density at radius 1 is 1.20 bits per heavy atom. The van der Waals surface area contributed by atoms with E-state index in [2.05, 4.69) is 0 Å². The van der Waals surface area contributed by atoms with Gasteiger partial charge in [0, 0.05) is 6.54 Å². The molecular weight excluding hydrogens is 330 g/mol. The van der Waals surface area contributed by atoms with Crippen LogP contribution in [-0.4, -0.2) is 49.5 Å². The van der Waals surface area contributed by atoms with E-state index in [-0.39, 0.29) is 24.5 Å². The monoisotopic (exact) mass is 347 g/mol. The van der Waals surface area contributed by atoms with E-state index >= 15 is 0 Å². The van der Waals surface area contributed by atoms with E-state index in [9.17, 15) is 24.6 Å². The molecule has 1 atom stereocenters. The van der Waals surface area contributed by atoms with Crippen molar-refractivity contribution in [3.63, 3.8) is 0 Å². The average molecular weight is 347 g/mol. The van der Waals surface area contributed by atoms with Crippen LogP contribution in [0.2, 0.25) is 0 Å². The van der Waals surface area contributed by atoms with E-state index in [1.807, 2.05) is 0 Å². The summed E-state index contributed by atoms with van der Waals surface area (Å²) in [6.07, 6.45) is -1.15. The molecule has 0 spiro atoms. The molecule has 9 nitrogen and oxygen atoms in total. The van der Waals surface area contributed by atoms with E-state index in [0.717, 1.165) is 9.47 Å². The van der Waals surface area contributed by atoms with Crippen molar-refractivity contribution < 1.29 is 24.5 Å². The van der Waals surface area contributed by atoms with Crippen LogP contribution in [0.5, 0.6) is 5.75 Å². The van der Waals surface area contributed by atoms with Crippen LogP contribution in [0, 0.1) is 0 Å². The van der Waals surface area contributed by atoms with Gasteiger partial charge in [-0.1, -0.05) is 0 Å². The van der Waals surface area contributed by atoms with Gasteiger partial charge in [-0.15, -0.1) is 0 Å². The zero-order chi connectivity index (χ0) is 18.3. The van der Waals surface area contributed by atoms with Gasteiger partial charge in [0.05, 0.1) is 31.1 Å². The number of aromatic carboxylic acids is 1. The highest BCUT2D eigenvalue weighted by atomic mass is 16.5. The summed E-state index contributed by atoms with van der Waals surface area (Å²) < 4.78 is 7.49. The van der Waals surface area contributed by atoms with Gasteiger partial charge in [-0.05, 0) is 31.2 Å². The van der Waals surface area contributed by atoms with Gasteiger partial charge in [-0.3, -0.25) is 14.0 Å². The highest BCUT2D eigenvalue weighted by Gasteiger charge is 2.34. The topological polar surface area (TPSA) is 114 Å². The van der Waals surface area contributed by atoms with Gasteiger partial charge in [-0.25, -0.2) is 14.4 Å². The van der Waals surface area contributed by atoms with Crippen LogP contribution in [0.15, 0.2) is 29.1 Å². The van der Waals surface area contributed by atoms with Gasteiger partial charge >= 0.3 is 17.8 Å². The summed E-state index contributed by atoms with van der Waals surface area (Å²) in [6.45, 7) is 1.62. The smallest absolute Gasteiger partial charge is 0.407 e. The summed E-state index contributed by atoms with van der Waals surface area (Å²) in [6, 6.07) is 5.97. The van der Waals surface area contributed by atoms with Crippen molar-refractivity contribution in [2.45, 2.75) is 26.1 Å². The van der Waals surface area contributed by atoms with E-state index in [1.165, 1.54) is 11.7 Å². The van der Waals surface area contributed by atoms with Crippen molar-refractivity contribution in [3.05, 3.63) is 46.1 Å². The first kappa shape index (κ1) is 16.6. The number of carboxylic acids is 1. The lowest BCUT2D eigenvalue weighted by molar-refractivity contribution is 0.0678. The number of aromatic nitrogens is 2. The zero-order valence-corrected chi connectivity index (χ0v) is 13.7. The Balaban J connectivity index is 2.21. The molecule has 2 heterocycles. The largest absolute Gasteiger partial charge is 0.497 e. The van der Waals surface area contributed by atoms with Gasteiger partial charge in [0.1, 0.15) is 5.75 Å². The molecule has 1 amide bonds. The summed E-state index contributed by atoms with van der Waals surface area (Å²) in [4.78, 5) is 37.1. The number of fused-ring (bicyclic) bond motifs is 1. The van der Waals surface area contributed by atoms with E-state index in [1.54, 1.807) is 31.2 Å². The number of benzene rings is 1. The van der Waals surface area contributed by atoms with Crippen LogP contribution in [0.1, 0.15) is 23.1 Å². The molecule has 0 bridgehead atoms. The third-order valence-corrected chi connectivity index (χ3v) is 4.32. The zero-order valence-electron chi connectivity index (χ0n) is 13.7. The fraction of sp³-hybridized carbons (Fsp3) is 0.312. The number of ether oxygens (including phenoxy) is 1. The summed E-state index contributed by atoms with van der Waals surface area (Å²) in [7, 11) is 1.50. The van der Waals surface area contributed by atoms with Crippen LogP contribution < -0.4 is 10.4 Å². The molecule has 2 N–H and O–H groups in total. The second kappa shape index (κ2) is 6.00. The van der Waals surface area contributed by atoms with Gasteiger partial charge in [0.25, 0.3) is 0 Å². The fourth-order valence-corrected chi connectivity index (χ4v) is 3.06. The Kier molecular flexibility index (Phi) is 3.99. The number of amides is 1. The summed E-state index contributed by atoms with van der Waals surface area (Å²) >= 11 is 0. The number of hydrogen-bond donors (Lipinski definition) is 2. The molecule has 1 unspecified atom stereocenters. The van der Waals surface area contributed by atoms with Crippen LogP contribution >= 0.6 is 0 Å². The molecule has 132 valence electrons. The van der Waals surface area contributed by atoms with Crippen LogP contribution in [0.4, 0.5) is 4.79 Å². The molecule has 1 aromatic heterocycles. The Labute approximate surface area is 142 Å². The van der Waals surface area contributed by atoms with Crippen molar-refractivity contribution in [3.8, 4) is 11.4 Å². The van der Waals surface area contributed by atoms with Gasteiger partial charge in [0.2, 0.25) is 0 Å². The molecule has 1 aliphatic heterocycles. The lowest BCUT2D eigenvalue weighted by Crippen LogP contribution is -2.46. The molecule has 9 heteroatoms. The lowest BCUT2D eigenvalue weighted by Gasteiger charge is -2.31. The van der Waals surface area contributed by atoms with Crippen molar-refractivity contribution in [2.24, 2.45) is 0 Å². The Morgan fingerprint density at radius 2 is 1.84 bits per heavy atom. The predicted molar refractivity (Wildman–Crippen MR) is 86.6 cm³/mol. The highest BCUT2D eigenvalue weighted by molar-refractivity contribution is 5.88. The molecule has 0 saturated heterocycles. The first-order valence-corrected chi connectivity index (χ1v) is 7.56. The summed E-state index contributed by atoms with van der Waals surface area (Å²) in [5, 5.41) is 18.9. The Hall–Kier alpha value is -3.23.